The maximum atomic E-state index is 12.3. The minimum atomic E-state index is -1.04. The molecular formula is C22H39NO7. The topological polar surface area (TPSA) is 100 Å². The van der Waals surface area contributed by atoms with Gasteiger partial charge in [0.25, 0.3) is 0 Å². The number of hydrogen-bond donors (Lipinski definition) is 1. The molecule has 8 nitrogen and oxygen atoms in total. The Kier molecular flexibility index (Phi) is 12.6. The third-order valence-electron chi connectivity index (χ3n) is 4.73. The fourth-order valence-corrected chi connectivity index (χ4v) is 3.29. The van der Waals surface area contributed by atoms with Crippen LogP contribution >= 0.6 is 0 Å². The Balaban J connectivity index is 2.35. The van der Waals surface area contributed by atoms with Crippen LogP contribution in [0.25, 0.3) is 0 Å². The Morgan fingerprint density at radius 2 is 1.67 bits per heavy atom. The van der Waals surface area contributed by atoms with E-state index in [2.05, 4.69) is 5.32 Å². The van der Waals surface area contributed by atoms with Gasteiger partial charge in [0.1, 0.15) is 17.9 Å². The van der Waals surface area contributed by atoms with Gasteiger partial charge in [0, 0.05) is 5.92 Å². The lowest BCUT2D eigenvalue weighted by Gasteiger charge is -2.25. The van der Waals surface area contributed by atoms with Crippen molar-refractivity contribution in [1.82, 2.24) is 5.32 Å². The Bertz CT molecular complexity index is 512. The third-order valence-corrected chi connectivity index (χ3v) is 4.73. The first-order valence-corrected chi connectivity index (χ1v) is 11.1. The van der Waals surface area contributed by atoms with Crippen molar-refractivity contribution in [2.24, 2.45) is 5.92 Å². The molecule has 30 heavy (non-hydrogen) atoms. The predicted molar refractivity (Wildman–Crippen MR) is 112 cm³/mol. The van der Waals surface area contributed by atoms with Crippen LogP contribution in [0.3, 0.4) is 0 Å². The molecule has 174 valence electrons. The van der Waals surface area contributed by atoms with Gasteiger partial charge in [-0.3, -0.25) is 0 Å². The molecule has 1 saturated heterocycles. The standard InChI is InChI=1S/C22H39NO7/c1-5-27-20(25)19(23-21(26)30-22(2,3)4)17(16-24)12-10-8-6-7-9-11-13-18-28-14-15-29-18/h16-19H,5-15H2,1-4H3,(H,23,26)/t17-,19-/m0/s1. The molecular weight excluding hydrogens is 390 g/mol. The Morgan fingerprint density at radius 1 is 1.07 bits per heavy atom. The molecule has 0 aromatic heterocycles. The highest BCUT2D eigenvalue weighted by atomic mass is 16.7. The fraction of sp³-hybridized carbons (Fsp3) is 0.864. The number of ether oxygens (including phenoxy) is 4. The first kappa shape index (κ1) is 26.4. The average Bonchev–Trinajstić information content (AvgIpc) is 3.17. The second kappa shape index (κ2) is 14.4. The molecule has 1 rings (SSSR count). The summed E-state index contributed by atoms with van der Waals surface area (Å²) in [5.74, 6) is -1.26. The van der Waals surface area contributed by atoms with Crippen molar-refractivity contribution in [3.05, 3.63) is 0 Å². The zero-order valence-corrected chi connectivity index (χ0v) is 18.9. The molecule has 1 N–H and O–H groups in total. The van der Waals surface area contributed by atoms with Gasteiger partial charge in [-0.1, -0.05) is 32.1 Å². The number of aldehydes is 1. The van der Waals surface area contributed by atoms with Crippen molar-refractivity contribution < 1.29 is 33.3 Å². The van der Waals surface area contributed by atoms with Crippen LogP contribution in [0.2, 0.25) is 0 Å². The van der Waals surface area contributed by atoms with Gasteiger partial charge in [-0.15, -0.1) is 0 Å². The molecule has 0 spiro atoms. The van der Waals surface area contributed by atoms with Crippen molar-refractivity contribution in [2.75, 3.05) is 19.8 Å². The molecule has 1 amide bonds. The lowest BCUT2D eigenvalue weighted by atomic mass is 9.94. The van der Waals surface area contributed by atoms with Crippen LogP contribution in [0.1, 0.15) is 79.1 Å². The first-order valence-electron chi connectivity index (χ1n) is 11.1. The van der Waals surface area contributed by atoms with Crippen molar-refractivity contribution in [1.29, 1.82) is 0 Å². The summed E-state index contributed by atoms with van der Waals surface area (Å²) >= 11 is 0. The van der Waals surface area contributed by atoms with Crippen LogP contribution in [0.4, 0.5) is 4.79 Å². The van der Waals surface area contributed by atoms with E-state index in [-0.39, 0.29) is 12.9 Å². The fourth-order valence-electron chi connectivity index (χ4n) is 3.29. The summed E-state index contributed by atoms with van der Waals surface area (Å²) in [7, 11) is 0. The first-order chi connectivity index (χ1) is 14.3. The Labute approximate surface area is 180 Å². The van der Waals surface area contributed by atoms with E-state index in [0.717, 1.165) is 51.2 Å². The van der Waals surface area contributed by atoms with Gasteiger partial charge >= 0.3 is 12.1 Å². The van der Waals surface area contributed by atoms with Gasteiger partial charge in [-0.25, -0.2) is 9.59 Å². The van der Waals surface area contributed by atoms with Crippen molar-refractivity contribution in [3.63, 3.8) is 0 Å². The molecule has 1 fully saturated rings. The zero-order valence-electron chi connectivity index (χ0n) is 18.9. The van der Waals surface area contributed by atoms with Gasteiger partial charge < -0.3 is 29.1 Å². The largest absolute Gasteiger partial charge is 0.464 e. The maximum Gasteiger partial charge on any atom is 0.408 e. The van der Waals surface area contributed by atoms with Gasteiger partial charge in [0.2, 0.25) is 0 Å². The Morgan fingerprint density at radius 3 is 2.23 bits per heavy atom. The van der Waals surface area contributed by atoms with E-state index in [0.29, 0.717) is 19.6 Å². The summed E-state index contributed by atoms with van der Waals surface area (Å²) in [6, 6.07) is -1.04. The summed E-state index contributed by atoms with van der Waals surface area (Å²) in [6.45, 7) is 8.44. The van der Waals surface area contributed by atoms with Crippen LogP contribution in [-0.4, -0.2) is 56.1 Å². The zero-order chi connectivity index (χ0) is 22.4. The van der Waals surface area contributed by atoms with E-state index in [1.165, 1.54) is 0 Å². The lowest BCUT2D eigenvalue weighted by Crippen LogP contribution is -2.49. The Hall–Kier alpha value is -1.67. The minimum absolute atomic E-state index is 0.0318. The van der Waals surface area contributed by atoms with Crippen LogP contribution in [-0.2, 0) is 28.5 Å². The number of unbranched alkanes of at least 4 members (excludes halogenated alkanes) is 5. The van der Waals surface area contributed by atoms with Crippen LogP contribution in [0, 0.1) is 5.92 Å². The number of carbonyl (C=O) groups excluding carboxylic acids is 3. The number of amides is 1. The van der Waals surface area contributed by atoms with Crippen molar-refractivity contribution in [2.45, 2.75) is 97.0 Å². The normalized spacial score (nSPS) is 16.7. The highest BCUT2D eigenvalue weighted by Crippen LogP contribution is 2.18. The summed E-state index contributed by atoms with van der Waals surface area (Å²) in [4.78, 5) is 36.0. The van der Waals surface area contributed by atoms with Gasteiger partial charge in [0.05, 0.1) is 19.8 Å². The summed E-state index contributed by atoms with van der Waals surface area (Å²) in [5.41, 5.74) is -0.698. The molecule has 0 bridgehead atoms. The van der Waals surface area contributed by atoms with Crippen molar-refractivity contribution in [3.8, 4) is 0 Å². The average molecular weight is 430 g/mol. The van der Waals surface area contributed by atoms with E-state index in [1.54, 1.807) is 27.7 Å². The number of rotatable bonds is 14. The summed E-state index contributed by atoms with van der Waals surface area (Å²) in [6.07, 6.45) is 7.51. The molecule has 0 radical (unpaired) electrons. The molecule has 0 aliphatic carbocycles. The molecule has 0 unspecified atom stereocenters. The smallest absolute Gasteiger partial charge is 0.408 e. The molecule has 0 aromatic carbocycles. The highest BCUT2D eigenvalue weighted by Gasteiger charge is 2.32. The lowest BCUT2D eigenvalue weighted by molar-refractivity contribution is -0.148. The monoisotopic (exact) mass is 429 g/mol. The number of carbonyl (C=O) groups is 3. The van der Waals surface area contributed by atoms with E-state index in [9.17, 15) is 14.4 Å². The van der Waals surface area contributed by atoms with E-state index < -0.39 is 29.6 Å². The highest BCUT2D eigenvalue weighted by molar-refractivity contribution is 5.84. The molecule has 2 atom stereocenters. The summed E-state index contributed by atoms with van der Waals surface area (Å²) < 4.78 is 21.1. The van der Waals surface area contributed by atoms with Gasteiger partial charge in [-0.2, -0.15) is 0 Å². The maximum absolute atomic E-state index is 12.3. The van der Waals surface area contributed by atoms with E-state index in [1.807, 2.05) is 0 Å². The van der Waals surface area contributed by atoms with E-state index in [4.69, 9.17) is 18.9 Å². The third kappa shape index (κ3) is 11.5. The number of hydrogen-bond acceptors (Lipinski definition) is 7. The number of alkyl carbamates (subject to hydrolysis) is 1. The second-order valence-electron chi connectivity index (χ2n) is 8.55. The predicted octanol–water partition coefficient (Wildman–Crippen LogP) is 3.75. The van der Waals surface area contributed by atoms with Gasteiger partial charge in [0.15, 0.2) is 6.29 Å². The molecule has 0 aromatic rings. The van der Waals surface area contributed by atoms with E-state index >= 15 is 0 Å². The van der Waals surface area contributed by atoms with Crippen LogP contribution < -0.4 is 5.32 Å². The molecule has 1 aliphatic heterocycles. The molecule has 1 aliphatic rings. The number of esters is 1. The van der Waals surface area contributed by atoms with Crippen LogP contribution in [0.5, 0.6) is 0 Å². The quantitative estimate of drug-likeness (QED) is 0.255. The molecule has 8 heteroatoms. The SMILES string of the molecule is CCOC(=O)[C@@H](NC(=O)OC(C)(C)C)[C@H](C=O)CCCCCCCCC1OCCO1. The molecule has 0 saturated carbocycles. The minimum Gasteiger partial charge on any atom is -0.464 e. The van der Waals surface area contributed by atoms with Gasteiger partial charge in [-0.05, 0) is 47.0 Å². The van der Waals surface area contributed by atoms with Crippen LogP contribution in [0.15, 0.2) is 0 Å². The number of nitrogens with one attached hydrogen (secondary N) is 1. The van der Waals surface area contributed by atoms with Crippen molar-refractivity contribution >= 4 is 18.3 Å². The second-order valence-corrected chi connectivity index (χ2v) is 8.55. The molecule has 1 heterocycles. The summed E-state index contributed by atoms with van der Waals surface area (Å²) in [5, 5.41) is 2.51.